The number of benzene rings is 2. The zero-order valence-electron chi connectivity index (χ0n) is 19.1. The maximum absolute atomic E-state index is 13.2. The lowest BCUT2D eigenvalue weighted by molar-refractivity contribution is -0.137. The third-order valence-electron chi connectivity index (χ3n) is 5.07. The molecule has 1 heterocycles. The van der Waals surface area contributed by atoms with Crippen molar-refractivity contribution in [2.24, 2.45) is 0 Å². The summed E-state index contributed by atoms with van der Waals surface area (Å²) in [6.45, 7) is 5.51. The quantitative estimate of drug-likeness (QED) is 0.508. The molecule has 2 amide bonds. The molecule has 0 unspecified atom stereocenters. The normalized spacial score (nSPS) is 11.5. The zero-order chi connectivity index (χ0) is 24.9. The summed E-state index contributed by atoms with van der Waals surface area (Å²) in [6.07, 6.45) is -4.59. The number of hydrogen-bond acceptors (Lipinski definition) is 4. The Kier molecular flexibility index (Phi) is 7.72. The monoisotopic (exact) mass is 473 g/mol. The van der Waals surface area contributed by atoms with E-state index in [1.807, 2.05) is 38.1 Å². The highest BCUT2D eigenvalue weighted by Crippen LogP contribution is 2.34. The van der Waals surface area contributed by atoms with E-state index in [4.69, 9.17) is 0 Å². The van der Waals surface area contributed by atoms with Crippen molar-refractivity contribution < 1.29 is 22.8 Å². The molecule has 0 spiro atoms. The van der Waals surface area contributed by atoms with E-state index in [1.54, 1.807) is 17.7 Å². The van der Waals surface area contributed by atoms with Crippen LogP contribution in [-0.4, -0.2) is 46.1 Å². The smallest absolute Gasteiger partial charge is 0.324 e. The standard InChI is InChI=1S/C24H26F3N5O2/c1-4-31(14-22(33)28-20-8-6-5-7-19(20)24(25,26)27)15-23(34)29-21-13-17(3)30-32(21)18-11-9-16(2)10-12-18/h5-13H,4,14-15H2,1-3H3,(H,28,33)(H,29,34). The number of rotatable bonds is 8. The predicted molar refractivity (Wildman–Crippen MR) is 124 cm³/mol. The van der Waals surface area contributed by atoms with E-state index in [0.29, 0.717) is 18.1 Å². The topological polar surface area (TPSA) is 79.3 Å². The van der Waals surface area contributed by atoms with Crippen molar-refractivity contribution in [1.29, 1.82) is 0 Å². The Balaban J connectivity index is 1.64. The lowest BCUT2D eigenvalue weighted by Crippen LogP contribution is -2.39. The third-order valence-corrected chi connectivity index (χ3v) is 5.07. The number of aromatic nitrogens is 2. The number of halogens is 3. The Labute approximate surface area is 195 Å². The first-order valence-electron chi connectivity index (χ1n) is 10.7. The number of aryl methyl sites for hydroxylation is 2. The minimum Gasteiger partial charge on any atom is -0.324 e. The molecule has 2 aromatic carbocycles. The molecule has 34 heavy (non-hydrogen) atoms. The van der Waals surface area contributed by atoms with Crippen molar-refractivity contribution >= 4 is 23.3 Å². The van der Waals surface area contributed by atoms with Gasteiger partial charge in [-0.1, -0.05) is 36.8 Å². The van der Waals surface area contributed by atoms with Gasteiger partial charge in [-0.15, -0.1) is 0 Å². The Hall–Kier alpha value is -3.66. The second-order valence-corrected chi connectivity index (χ2v) is 7.86. The molecule has 1 aromatic heterocycles. The summed E-state index contributed by atoms with van der Waals surface area (Å²) in [5.41, 5.74) is 1.34. The van der Waals surface area contributed by atoms with Gasteiger partial charge in [0.05, 0.1) is 35.7 Å². The highest BCUT2D eigenvalue weighted by atomic mass is 19.4. The number of alkyl halides is 3. The van der Waals surface area contributed by atoms with E-state index in [1.165, 1.54) is 23.1 Å². The maximum Gasteiger partial charge on any atom is 0.418 e. The summed E-state index contributed by atoms with van der Waals surface area (Å²) in [4.78, 5) is 26.6. The highest BCUT2D eigenvalue weighted by Gasteiger charge is 2.33. The molecule has 180 valence electrons. The van der Waals surface area contributed by atoms with Gasteiger partial charge in [0, 0.05) is 6.07 Å². The lowest BCUT2D eigenvalue weighted by atomic mass is 10.1. The van der Waals surface area contributed by atoms with Gasteiger partial charge in [0.1, 0.15) is 5.82 Å². The highest BCUT2D eigenvalue weighted by molar-refractivity contribution is 5.95. The van der Waals surface area contributed by atoms with Crippen LogP contribution >= 0.6 is 0 Å². The first kappa shape index (κ1) is 25.0. The minimum absolute atomic E-state index is 0.122. The molecule has 3 aromatic rings. The fraction of sp³-hybridized carbons (Fsp3) is 0.292. The fourth-order valence-electron chi connectivity index (χ4n) is 3.37. The number of hydrogen-bond donors (Lipinski definition) is 2. The number of amides is 2. The molecular weight excluding hydrogens is 447 g/mol. The summed E-state index contributed by atoms with van der Waals surface area (Å²) < 4.78 is 41.1. The summed E-state index contributed by atoms with van der Waals surface area (Å²) >= 11 is 0. The van der Waals surface area contributed by atoms with Crippen molar-refractivity contribution in [2.75, 3.05) is 30.3 Å². The van der Waals surface area contributed by atoms with Crippen molar-refractivity contribution in [2.45, 2.75) is 26.9 Å². The fourth-order valence-corrected chi connectivity index (χ4v) is 3.37. The van der Waals surface area contributed by atoms with E-state index >= 15 is 0 Å². The summed E-state index contributed by atoms with van der Waals surface area (Å²) in [5, 5.41) is 9.52. The number of carbonyl (C=O) groups is 2. The van der Waals surface area contributed by atoms with Gasteiger partial charge in [-0.2, -0.15) is 18.3 Å². The molecule has 0 aliphatic rings. The average molecular weight is 473 g/mol. The average Bonchev–Trinajstić information content (AvgIpc) is 3.13. The maximum atomic E-state index is 13.2. The van der Waals surface area contributed by atoms with Gasteiger partial charge in [-0.3, -0.25) is 14.5 Å². The number of carbonyl (C=O) groups excluding carboxylic acids is 2. The van der Waals surface area contributed by atoms with Crippen LogP contribution in [0.2, 0.25) is 0 Å². The number of likely N-dealkylation sites (N-methyl/N-ethyl adjacent to an activating group) is 1. The molecule has 0 saturated heterocycles. The Bertz CT molecular complexity index is 1160. The van der Waals surface area contributed by atoms with E-state index in [2.05, 4.69) is 15.7 Å². The minimum atomic E-state index is -4.59. The molecule has 0 atom stereocenters. The molecule has 10 heteroatoms. The lowest BCUT2D eigenvalue weighted by Gasteiger charge is -2.20. The predicted octanol–water partition coefficient (Wildman–Crippen LogP) is 4.41. The zero-order valence-corrected chi connectivity index (χ0v) is 19.1. The van der Waals surface area contributed by atoms with Crippen molar-refractivity contribution in [3.05, 3.63) is 71.4 Å². The van der Waals surface area contributed by atoms with Gasteiger partial charge in [-0.25, -0.2) is 4.68 Å². The van der Waals surface area contributed by atoms with E-state index < -0.39 is 17.6 Å². The van der Waals surface area contributed by atoms with Crippen LogP contribution in [0.1, 0.15) is 23.7 Å². The molecule has 0 fully saturated rings. The Morgan fingerprint density at radius 2 is 1.59 bits per heavy atom. The summed E-state index contributed by atoms with van der Waals surface area (Å²) in [6, 6.07) is 14.1. The van der Waals surface area contributed by atoms with Crippen LogP contribution in [0.5, 0.6) is 0 Å². The summed E-state index contributed by atoms with van der Waals surface area (Å²) in [7, 11) is 0. The van der Waals surface area contributed by atoms with Crippen LogP contribution in [0.4, 0.5) is 24.7 Å². The molecule has 0 aliphatic carbocycles. The van der Waals surface area contributed by atoms with Gasteiger partial charge in [-0.05, 0) is 44.7 Å². The van der Waals surface area contributed by atoms with E-state index in [-0.39, 0.29) is 24.7 Å². The van der Waals surface area contributed by atoms with Crippen molar-refractivity contribution in [1.82, 2.24) is 14.7 Å². The molecule has 2 N–H and O–H groups in total. The van der Waals surface area contributed by atoms with Crippen LogP contribution in [0, 0.1) is 13.8 Å². The van der Waals surface area contributed by atoms with Gasteiger partial charge in [0.25, 0.3) is 0 Å². The van der Waals surface area contributed by atoms with E-state index in [9.17, 15) is 22.8 Å². The second kappa shape index (κ2) is 10.5. The molecular formula is C24H26F3N5O2. The number of anilines is 2. The molecule has 3 rings (SSSR count). The first-order valence-corrected chi connectivity index (χ1v) is 10.7. The van der Waals surface area contributed by atoms with Crippen LogP contribution in [-0.2, 0) is 15.8 Å². The van der Waals surface area contributed by atoms with Crippen LogP contribution < -0.4 is 10.6 Å². The Morgan fingerprint density at radius 3 is 2.21 bits per heavy atom. The largest absolute Gasteiger partial charge is 0.418 e. The van der Waals surface area contributed by atoms with Crippen molar-refractivity contribution in [3.63, 3.8) is 0 Å². The van der Waals surface area contributed by atoms with Crippen LogP contribution in [0.3, 0.4) is 0 Å². The van der Waals surface area contributed by atoms with Crippen LogP contribution in [0.15, 0.2) is 54.6 Å². The third kappa shape index (κ3) is 6.44. The molecule has 7 nitrogen and oxygen atoms in total. The second-order valence-electron chi connectivity index (χ2n) is 7.86. The van der Waals surface area contributed by atoms with Gasteiger partial charge >= 0.3 is 6.18 Å². The molecule has 0 saturated carbocycles. The molecule has 0 aliphatic heterocycles. The Morgan fingerprint density at radius 1 is 0.971 bits per heavy atom. The first-order chi connectivity index (χ1) is 16.1. The van der Waals surface area contributed by atoms with Gasteiger partial charge in [0.15, 0.2) is 0 Å². The van der Waals surface area contributed by atoms with Gasteiger partial charge in [0.2, 0.25) is 11.8 Å². The van der Waals surface area contributed by atoms with E-state index in [0.717, 1.165) is 17.3 Å². The summed E-state index contributed by atoms with van der Waals surface area (Å²) in [5.74, 6) is -0.545. The SMILES string of the molecule is CCN(CC(=O)Nc1ccccc1C(F)(F)F)CC(=O)Nc1cc(C)nn1-c1ccc(C)cc1. The number of nitrogens with one attached hydrogen (secondary N) is 2. The van der Waals surface area contributed by atoms with Crippen molar-refractivity contribution in [3.8, 4) is 5.69 Å². The number of nitrogens with zero attached hydrogens (tertiary/aromatic N) is 3. The van der Waals surface area contributed by atoms with Gasteiger partial charge < -0.3 is 10.6 Å². The number of para-hydroxylation sites is 1. The molecule has 0 bridgehead atoms. The van der Waals surface area contributed by atoms with Crippen LogP contribution in [0.25, 0.3) is 5.69 Å². The molecule has 0 radical (unpaired) electrons.